The van der Waals surface area contributed by atoms with Crippen molar-refractivity contribution in [3.05, 3.63) is 72.3 Å². The highest BCUT2D eigenvalue weighted by atomic mass is 32.2. The van der Waals surface area contributed by atoms with E-state index in [2.05, 4.69) is 27.6 Å². The van der Waals surface area contributed by atoms with Crippen LogP contribution < -0.4 is 14.8 Å². The van der Waals surface area contributed by atoms with E-state index in [-0.39, 0.29) is 5.91 Å². The fourth-order valence-corrected chi connectivity index (χ4v) is 3.49. The lowest BCUT2D eigenvalue weighted by molar-refractivity contribution is -0.118. The number of benzene rings is 2. The molecule has 0 atom stereocenters. The summed E-state index contributed by atoms with van der Waals surface area (Å²) in [6.07, 6.45) is 0. The average Bonchev–Trinajstić information content (AvgIpc) is 2.79. The van der Waals surface area contributed by atoms with Crippen molar-refractivity contribution < 1.29 is 14.3 Å². The van der Waals surface area contributed by atoms with Crippen molar-refractivity contribution in [3.63, 3.8) is 0 Å². The van der Waals surface area contributed by atoms with Gasteiger partial charge in [0.05, 0.1) is 24.6 Å². The molecule has 0 radical (unpaired) electrons. The second-order valence-corrected chi connectivity index (χ2v) is 7.38. The molecule has 0 spiro atoms. The van der Waals surface area contributed by atoms with Crippen LogP contribution in [0.3, 0.4) is 0 Å². The van der Waals surface area contributed by atoms with Crippen molar-refractivity contribution >= 4 is 17.7 Å². The molecule has 1 aromatic heterocycles. The van der Waals surface area contributed by atoms with Crippen molar-refractivity contribution in [3.8, 4) is 22.9 Å². The molecule has 0 fully saturated rings. The lowest BCUT2D eigenvalue weighted by Gasteiger charge is -2.08. The molecule has 30 heavy (non-hydrogen) atoms. The average molecular weight is 424 g/mol. The number of rotatable bonds is 11. The molecule has 3 rings (SSSR count). The molecule has 0 unspecified atom stereocenters. The van der Waals surface area contributed by atoms with Crippen LogP contribution in [0.5, 0.6) is 11.6 Å². The summed E-state index contributed by atoms with van der Waals surface area (Å²) in [6, 6.07) is 21.4. The van der Waals surface area contributed by atoms with E-state index in [0.717, 1.165) is 22.8 Å². The van der Waals surface area contributed by atoms with Crippen LogP contribution in [0.2, 0.25) is 0 Å². The SMILES string of the molecule is CCOc1ccc(-c2ccc(OCCNC(=O)CSCc3ccccc3)nn2)cc1. The zero-order valence-electron chi connectivity index (χ0n) is 16.9. The van der Waals surface area contributed by atoms with Crippen molar-refractivity contribution in [2.24, 2.45) is 0 Å². The van der Waals surface area contributed by atoms with E-state index in [1.807, 2.05) is 55.5 Å². The third-order valence-corrected chi connectivity index (χ3v) is 5.12. The Morgan fingerprint density at radius 3 is 2.47 bits per heavy atom. The Labute approximate surface area is 181 Å². The van der Waals surface area contributed by atoms with Crippen LogP contribution >= 0.6 is 11.8 Å². The summed E-state index contributed by atoms with van der Waals surface area (Å²) < 4.78 is 11.0. The number of hydrogen-bond acceptors (Lipinski definition) is 6. The molecule has 1 N–H and O–H groups in total. The molecule has 0 aliphatic heterocycles. The van der Waals surface area contributed by atoms with E-state index in [9.17, 15) is 4.79 Å². The summed E-state index contributed by atoms with van der Waals surface area (Å²) in [4.78, 5) is 11.9. The van der Waals surface area contributed by atoms with E-state index in [1.54, 1.807) is 17.8 Å². The van der Waals surface area contributed by atoms with Crippen molar-refractivity contribution in [2.75, 3.05) is 25.5 Å². The minimum Gasteiger partial charge on any atom is -0.494 e. The number of carbonyl (C=O) groups excluding carboxylic acids is 1. The highest BCUT2D eigenvalue weighted by Gasteiger charge is 2.04. The van der Waals surface area contributed by atoms with E-state index in [0.29, 0.717) is 31.4 Å². The second-order valence-electron chi connectivity index (χ2n) is 6.39. The predicted octanol–water partition coefficient (Wildman–Crippen LogP) is 3.97. The number of hydrogen-bond donors (Lipinski definition) is 1. The summed E-state index contributed by atoms with van der Waals surface area (Å²) in [7, 11) is 0. The van der Waals surface area contributed by atoms with Gasteiger partial charge in [-0.15, -0.1) is 22.0 Å². The maximum absolute atomic E-state index is 11.9. The largest absolute Gasteiger partial charge is 0.494 e. The molecule has 1 amide bonds. The first kappa shape index (κ1) is 21.6. The first-order valence-electron chi connectivity index (χ1n) is 9.82. The molecular weight excluding hydrogens is 398 g/mol. The Morgan fingerprint density at radius 1 is 0.967 bits per heavy atom. The number of carbonyl (C=O) groups is 1. The maximum atomic E-state index is 11.9. The van der Waals surface area contributed by atoms with Crippen molar-refractivity contribution in [2.45, 2.75) is 12.7 Å². The van der Waals surface area contributed by atoms with Gasteiger partial charge < -0.3 is 14.8 Å². The summed E-state index contributed by atoms with van der Waals surface area (Å²) >= 11 is 1.59. The van der Waals surface area contributed by atoms with Crippen LogP contribution in [-0.2, 0) is 10.5 Å². The van der Waals surface area contributed by atoms with Crippen LogP contribution in [-0.4, -0.2) is 41.6 Å². The van der Waals surface area contributed by atoms with Gasteiger partial charge >= 0.3 is 0 Å². The Hall–Kier alpha value is -3.06. The minimum atomic E-state index is -0.00328. The zero-order chi connectivity index (χ0) is 21.0. The van der Waals surface area contributed by atoms with Gasteiger partial charge in [-0.25, -0.2) is 0 Å². The van der Waals surface area contributed by atoms with E-state index < -0.39 is 0 Å². The molecule has 0 aliphatic carbocycles. The fourth-order valence-electron chi connectivity index (χ4n) is 2.67. The zero-order valence-corrected chi connectivity index (χ0v) is 17.7. The number of amides is 1. The molecule has 3 aromatic rings. The summed E-state index contributed by atoms with van der Waals surface area (Å²) in [5.41, 5.74) is 2.93. The van der Waals surface area contributed by atoms with Gasteiger partial charge in [-0.1, -0.05) is 30.3 Å². The van der Waals surface area contributed by atoms with E-state index in [1.165, 1.54) is 5.56 Å². The molecule has 0 aliphatic rings. The summed E-state index contributed by atoms with van der Waals surface area (Å²) in [5.74, 6) is 2.50. The van der Waals surface area contributed by atoms with Crippen LogP contribution in [0.1, 0.15) is 12.5 Å². The molecule has 6 nitrogen and oxygen atoms in total. The van der Waals surface area contributed by atoms with Gasteiger partial charge in [-0.3, -0.25) is 4.79 Å². The monoisotopic (exact) mass is 423 g/mol. The quantitative estimate of drug-likeness (QED) is 0.471. The second kappa shape index (κ2) is 11.8. The summed E-state index contributed by atoms with van der Waals surface area (Å²) in [6.45, 7) is 3.35. The molecule has 156 valence electrons. The molecule has 7 heteroatoms. The molecule has 0 bridgehead atoms. The van der Waals surface area contributed by atoms with Crippen LogP contribution in [0.25, 0.3) is 11.3 Å². The molecular formula is C23H25N3O3S. The van der Waals surface area contributed by atoms with E-state index >= 15 is 0 Å². The number of thioether (sulfide) groups is 1. The predicted molar refractivity (Wildman–Crippen MR) is 120 cm³/mol. The lowest BCUT2D eigenvalue weighted by Crippen LogP contribution is -2.29. The fraction of sp³-hybridized carbons (Fsp3) is 0.261. The number of ether oxygens (including phenoxy) is 2. The normalized spacial score (nSPS) is 10.4. The minimum absolute atomic E-state index is 0.00328. The third kappa shape index (κ3) is 7.08. The Bertz CT molecular complexity index is 903. The maximum Gasteiger partial charge on any atom is 0.233 e. The molecule has 0 saturated carbocycles. The Balaban J connectivity index is 1.34. The summed E-state index contributed by atoms with van der Waals surface area (Å²) in [5, 5.41) is 11.1. The van der Waals surface area contributed by atoms with Crippen LogP contribution in [0, 0.1) is 0 Å². The Morgan fingerprint density at radius 2 is 1.77 bits per heavy atom. The van der Waals surface area contributed by atoms with Gasteiger partial charge in [0.25, 0.3) is 0 Å². The number of nitrogens with zero attached hydrogens (tertiary/aromatic N) is 2. The van der Waals surface area contributed by atoms with Crippen molar-refractivity contribution in [1.29, 1.82) is 0 Å². The lowest BCUT2D eigenvalue weighted by atomic mass is 10.1. The van der Waals surface area contributed by atoms with Crippen LogP contribution in [0.15, 0.2) is 66.7 Å². The first-order chi connectivity index (χ1) is 14.7. The van der Waals surface area contributed by atoms with Crippen molar-refractivity contribution in [1.82, 2.24) is 15.5 Å². The first-order valence-corrected chi connectivity index (χ1v) is 11.0. The van der Waals surface area contributed by atoms with Gasteiger partial charge in [-0.05, 0) is 42.8 Å². The standard InChI is InChI=1S/C23H25N3O3S/c1-2-28-20-10-8-19(9-11-20)21-12-13-23(26-25-21)29-15-14-24-22(27)17-30-16-18-6-4-3-5-7-18/h3-13H,2,14-17H2,1H3,(H,24,27). The highest BCUT2D eigenvalue weighted by Crippen LogP contribution is 2.21. The molecule has 1 heterocycles. The smallest absolute Gasteiger partial charge is 0.233 e. The third-order valence-electron chi connectivity index (χ3n) is 4.12. The van der Waals surface area contributed by atoms with Gasteiger partial charge in [0.2, 0.25) is 11.8 Å². The highest BCUT2D eigenvalue weighted by molar-refractivity contribution is 7.99. The number of nitrogens with one attached hydrogen (secondary N) is 1. The van der Waals surface area contributed by atoms with Gasteiger partial charge in [0.1, 0.15) is 12.4 Å². The van der Waals surface area contributed by atoms with Gasteiger partial charge in [0.15, 0.2) is 0 Å². The van der Waals surface area contributed by atoms with Gasteiger partial charge in [-0.2, -0.15) is 0 Å². The molecule has 2 aromatic carbocycles. The van der Waals surface area contributed by atoms with Gasteiger partial charge in [0, 0.05) is 17.4 Å². The Kier molecular flexibility index (Phi) is 8.53. The van der Waals surface area contributed by atoms with Crippen LogP contribution in [0.4, 0.5) is 0 Å². The molecule has 0 saturated heterocycles. The number of aromatic nitrogens is 2. The van der Waals surface area contributed by atoms with E-state index in [4.69, 9.17) is 9.47 Å². The topological polar surface area (TPSA) is 73.3 Å².